The highest BCUT2D eigenvalue weighted by atomic mass is 32.2. The van der Waals surface area contributed by atoms with E-state index in [0.29, 0.717) is 42.4 Å². The molecular formula is C16H19N3O3S. The molecule has 1 aliphatic rings. The van der Waals surface area contributed by atoms with Crippen molar-refractivity contribution in [1.29, 1.82) is 0 Å². The minimum atomic E-state index is -0.299. The van der Waals surface area contributed by atoms with Gasteiger partial charge in [0, 0.05) is 20.1 Å². The van der Waals surface area contributed by atoms with Gasteiger partial charge in [0.25, 0.3) is 5.56 Å². The number of ether oxygens (including phenoxy) is 1. The van der Waals surface area contributed by atoms with Crippen LogP contribution in [-0.4, -0.2) is 51.9 Å². The van der Waals surface area contributed by atoms with Crippen LogP contribution in [0.1, 0.15) is 6.92 Å². The van der Waals surface area contributed by atoms with Crippen molar-refractivity contribution in [2.45, 2.75) is 17.3 Å². The average Bonchev–Trinajstić information content (AvgIpc) is 2.59. The van der Waals surface area contributed by atoms with Crippen molar-refractivity contribution in [3.8, 4) is 0 Å². The largest absolute Gasteiger partial charge is 0.378 e. The molecule has 3 rings (SSSR count). The third-order valence-electron chi connectivity index (χ3n) is 3.89. The van der Waals surface area contributed by atoms with Crippen LogP contribution in [0.3, 0.4) is 0 Å². The first kappa shape index (κ1) is 16.0. The molecule has 0 bridgehead atoms. The van der Waals surface area contributed by atoms with Crippen LogP contribution in [0.25, 0.3) is 10.9 Å². The van der Waals surface area contributed by atoms with E-state index in [1.165, 1.54) is 16.3 Å². The van der Waals surface area contributed by atoms with Crippen LogP contribution in [0.5, 0.6) is 0 Å². The van der Waals surface area contributed by atoms with E-state index >= 15 is 0 Å². The third-order valence-corrected chi connectivity index (χ3v) is 5.03. The number of hydrogen-bond acceptors (Lipinski definition) is 5. The van der Waals surface area contributed by atoms with Gasteiger partial charge in [-0.1, -0.05) is 23.9 Å². The summed E-state index contributed by atoms with van der Waals surface area (Å²) in [6.45, 7) is 4.25. The molecule has 1 aromatic heterocycles. The van der Waals surface area contributed by atoms with Crippen molar-refractivity contribution >= 4 is 28.6 Å². The lowest BCUT2D eigenvalue weighted by atomic mass is 10.2. The number of morpholine rings is 1. The van der Waals surface area contributed by atoms with Crippen molar-refractivity contribution < 1.29 is 9.53 Å². The van der Waals surface area contributed by atoms with Gasteiger partial charge in [-0.3, -0.25) is 14.2 Å². The Morgan fingerprint density at radius 3 is 2.74 bits per heavy atom. The first-order valence-electron chi connectivity index (χ1n) is 7.57. The monoisotopic (exact) mass is 333 g/mol. The summed E-state index contributed by atoms with van der Waals surface area (Å²) in [6.07, 6.45) is 0. The molecule has 0 unspecified atom stereocenters. The minimum absolute atomic E-state index is 0.0562. The van der Waals surface area contributed by atoms with Gasteiger partial charge < -0.3 is 9.64 Å². The van der Waals surface area contributed by atoms with Gasteiger partial charge >= 0.3 is 0 Å². The van der Waals surface area contributed by atoms with Gasteiger partial charge in [0.2, 0.25) is 5.91 Å². The highest BCUT2D eigenvalue weighted by Gasteiger charge is 2.24. The van der Waals surface area contributed by atoms with Crippen LogP contribution in [-0.2, 0) is 16.6 Å². The van der Waals surface area contributed by atoms with E-state index < -0.39 is 0 Å². The van der Waals surface area contributed by atoms with Crippen molar-refractivity contribution in [2.24, 2.45) is 7.05 Å². The van der Waals surface area contributed by atoms with E-state index in [1.807, 2.05) is 25.1 Å². The number of rotatable bonds is 3. The lowest BCUT2D eigenvalue weighted by Crippen LogP contribution is -2.44. The first-order valence-corrected chi connectivity index (χ1v) is 8.45. The molecule has 1 aliphatic heterocycles. The Kier molecular flexibility index (Phi) is 4.68. The van der Waals surface area contributed by atoms with Crippen molar-refractivity contribution in [3.63, 3.8) is 0 Å². The Morgan fingerprint density at radius 2 is 2.00 bits per heavy atom. The Labute approximate surface area is 138 Å². The number of benzene rings is 1. The van der Waals surface area contributed by atoms with Gasteiger partial charge in [0.05, 0.1) is 29.4 Å². The number of para-hydroxylation sites is 1. The van der Waals surface area contributed by atoms with Crippen molar-refractivity contribution in [1.82, 2.24) is 14.5 Å². The zero-order valence-corrected chi connectivity index (χ0v) is 14.0. The van der Waals surface area contributed by atoms with E-state index in [4.69, 9.17) is 4.74 Å². The number of aromatic nitrogens is 2. The summed E-state index contributed by atoms with van der Waals surface area (Å²) in [5.41, 5.74) is 0.563. The number of fused-ring (bicyclic) bond motifs is 1. The van der Waals surface area contributed by atoms with Crippen molar-refractivity contribution in [3.05, 3.63) is 34.6 Å². The standard InChI is InChI=1S/C16H19N3O3S/c1-11(14(20)19-7-9-22-10-8-19)23-16-17-13-6-4-3-5-12(13)15(21)18(16)2/h3-6,11H,7-10H2,1-2H3/t11-/m1/s1. The molecule has 7 heteroatoms. The molecule has 1 aromatic carbocycles. The third kappa shape index (κ3) is 3.25. The molecule has 0 aliphatic carbocycles. The van der Waals surface area contributed by atoms with Crippen LogP contribution >= 0.6 is 11.8 Å². The molecule has 23 heavy (non-hydrogen) atoms. The zero-order chi connectivity index (χ0) is 16.4. The number of carbonyl (C=O) groups excluding carboxylic acids is 1. The second kappa shape index (κ2) is 6.72. The summed E-state index contributed by atoms with van der Waals surface area (Å²) in [6, 6.07) is 7.25. The van der Waals surface area contributed by atoms with E-state index in [-0.39, 0.29) is 16.7 Å². The highest BCUT2D eigenvalue weighted by molar-refractivity contribution is 8.00. The number of carbonyl (C=O) groups is 1. The first-order chi connectivity index (χ1) is 11.1. The quantitative estimate of drug-likeness (QED) is 0.625. The molecule has 1 amide bonds. The fraction of sp³-hybridized carbons (Fsp3) is 0.438. The van der Waals surface area contributed by atoms with E-state index in [1.54, 1.807) is 18.0 Å². The minimum Gasteiger partial charge on any atom is -0.378 e. The van der Waals surface area contributed by atoms with Crippen LogP contribution in [0.2, 0.25) is 0 Å². The zero-order valence-electron chi connectivity index (χ0n) is 13.2. The molecule has 0 spiro atoms. The highest BCUT2D eigenvalue weighted by Crippen LogP contribution is 2.23. The van der Waals surface area contributed by atoms with Gasteiger partial charge in [0.1, 0.15) is 0 Å². The Hall–Kier alpha value is -1.86. The molecule has 1 fully saturated rings. The summed E-state index contributed by atoms with van der Waals surface area (Å²) >= 11 is 1.32. The van der Waals surface area contributed by atoms with Gasteiger partial charge in [-0.15, -0.1) is 0 Å². The second-order valence-electron chi connectivity index (χ2n) is 5.47. The summed E-state index contributed by atoms with van der Waals surface area (Å²) in [7, 11) is 1.69. The Balaban J connectivity index is 1.84. The fourth-order valence-electron chi connectivity index (χ4n) is 2.55. The van der Waals surface area contributed by atoms with E-state index in [9.17, 15) is 9.59 Å². The summed E-state index contributed by atoms with van der Waals surface area (Å²) < 4.78 is 6.78. The molecule has 0 saturated carbocycles. The predicted octanol–water partition coefficient (Wildman–Crippen LogP) is 1.27. The van der Waals surface area contributed by atoms with E-state index in [0.717, 1.165) is 0 Å². The SMILES string of the molecule is C[C@@H](Sc1nc2ccccc2c(=O)n1C)C(=O)N1CCOCC1. The lowest BCUT2D eigenvalue weighted by molar-refractivity contribution is -0.134. The number of amides is 1. The topological polar surface area (TPSA) is 64.4 Å². The van der Waals surface area contributed by atoms with Crippen molar-refractivity contribution in [2.75, 3.05) is 26.3 Å². The molecule has 1 atom stereocenters. The fourth-order valence-corrected chi connectivity index (χ4v) is 3.51. The Morgan fingerprint density at radius 1 is 1.30 bits per heavy atom. The van der Waals surface area contributed by atoms with Gasteiger partial charge in [-0.2, -0.15) is 0 Å². The molecule has 2 heterocycles. The van der Waals surface area contributed by atoms with Gasteiger partial charge in [-0.05, 0) is 19.1 Å². The van der Waals surface area contributed by atoms with E-state index in [2.05, 4.69) is 4.98 Å². The maximum absolute atomic E-state index is 12.5. The average molecular weight is 333 g/mol. The Bertz CT molecular complexity index is 784. The smallest absolute Gasteiger partial charge is 0.261 e. The second-order valence-corrected chi connectivity index (χ2v) is 6.78. The molecule has 0 N–H and O–H groups in total. The molecule has 1 saturated heterocycles. The van der Waals surface area contributed by atoms with Crippen LogP contribution in [0.4, 0.5) is 0 Å². The summed E-state index contributed by atoms with van der Waals surface area (Å²) in [4.78, 5) is 31.2. The number of thioether (sulfide) groups is 1. The molecule has 122 valence electrons. The molecule has 6 nitrogen and oxygen atoms in total. The number of nitrogens with zero attached hydrogens (tertiary/aromatic N) is 3. The van der Waals surface area contributed by atoms with Crippen LogP contribution in [0.15, 0.2) is 34.2 Å². The summed E-state index contributed by atoms with van der Waals surface area (Å²) in [5, 5.41) is 0.849. The van der Waals surface area contributed by atoms with Crippen LogP contribution < -0.4 is 5.56 Å². The van der Waals surface area contributed by atoms with Gasteiger partial charge in [-0.25, -0.2) is 4.98 Å². The predicted molar refractivity (Wildman–Crippen MR) is 89.7 cm³/mol. The van der Waals surface area contributed by atoms with Crippen LogP contribution in [0, 0.1) is 0 Å². The normalized spacial score (nSPS) is 16.5. The lowest BCUT2D eigenvalue weighted by Gasteiger charge is -2.29. The molecule has 0 radical (unpaired) electrons. The molecule has 2 aromatic rings. The maximum atomic E-state index is 12.5. The summed E-state index contributed by atoms with van der Waals surface area (Å²) in [5.74, 6) is 0.0562. The maximum Gasteiger partial charge on any atom is 0.261 e. The molecular weight excluding hydrogens is 314 g/mol. The number of hydrogen-bond donors (Lipinski definition) is 0. The van der Waals surface area contributed by atoms with Gasteiger partial charge in [0.15, 0.2) is 5.16 Å².